The van der Waals surface area contributed by atoms with Crippen molar-refractivity contribution >= 4 is 11.8 Å². The molecule has 1 saturated heterocycles. The second kappa shape index (κ2) is 8.29. The van der Waals surface area contributed by atoms with Crippen molar-refractivity contribution in [3.05, 3.63) is 11.3 Å². The molecular formula is C16H29N5O. The molecule has 0 aromatic carbocycles. The quantitative estimate of drug-likeness (QED) is 0.709. The molecule has 6 nitrogen and oxygen atoms in total. The Labute approximate surface area is 133 Å². The second-order valence-corrected chi connectivity index (χ2v) is 6.10. The first-order chi connectivity index (χ1) is 10.6. The topological polar surface area (TPSA) is 87.3 Å². The van der Waals surface area contributed by atoms with Gasteiger partial charge in [0.25, 0.3) is 0 Å². The molecule has 0 radical (unpaired) electrons. The summed E-state index contributed by atoms with van der Waals surface area (Å²) < 4.78 is 0. The highest BCUT2D eigenvalue weighted by Gasteiger charge is 2.16. The maximum atomic E-state index is 9.54. The van der Waals surface area contributed by atoms with Crippen LogP contribution in [-0.4, -0.2) is 52.3 Å². The molecule has 1 aromatic heterocycles. The lowest BCUT2D eigenvalue weighted by Crippen LogP contribution is -2.38. The first-order valence-corrected chi connectivity index (χ1v) is 8.37. The SMILES string of the molecule is CCCCc1c(C)nc(N)nc1NCCN1CCC(O)CC1. The number of nitrogen functional groups attached to an aromatic ring is 1. The van der Waals surface area contributed by atoms with Gasteiger partial charge in [-0.3, -0.25) is 0 Å². The standard InChI is InChI=1S/C16H29N5O/c1-3-4-5-14-12(2)19-16(17)20-15(14)18-8-11-21-9-6-13(22)7-10-21/h13,22H,3-11H2,1-2H3,(H3,17,18,19,20). The van der Waals surface area contributed by atoms with Crippen LogP contribution in [0.2, 0.25) is 0 Å². The molecule has 2 heterocycles. The van der Waals surface area contributed by atoms with Gasteiger partial charge in [-0.15, -0.1) is 0 Å². The summed E-state index contributed by atoms with van der Waals surface area (Å²) in [5.74, 6) is 1.22. The molecule has 0 unspecified atom stereocenters. The van der Waals surface area contributed by atoms with E-state index in [1.54, 1.807) is 0 Å². The highest BCUT2D eigenvalue weighted by Crippen LogP contribution is 2.19. The number of nitrogens with two attached hydrogens (primary N) is 1. The van der Waals surface area contributed by atoms with Gasteiger partial charge in [-0.05, 0) is 32.6 Å². The van der Waals surface area contributed by atoms with E-state index in [2.05, 4.69) is 27.1 Å². The summed E-state index contributed by atoms with van der Waals surface area (Å²) in [6.07, 6.45) is 4.91. The van der Waals surface area contributed by atoms with Crippen LogP contribution < -0.4 is 11.1 Å². The number of nitrogens with zero attached hydrogens (tertiary/aromatic N) is 3. The zero-order chi connectivity index (χ0) is 15.9. The van der Waals surface area contributed by atoms with E-state index < -0.39 is 0 Å². The molecule has 0 amide bonds. The number of aliphatic hydroxyl groups excluding tert-OH is 1. The van der Waals surface area contributed by atoms with Crippen LogP contribution in [0.3, 0.4) is 0 Å². The van der Waals surface area contributed by atoms with Crippen molar-refractivity contribution in [2.24, 2.45) is 0 Å². The van der Waals surface area contributed by atoms with Crippen LogP contribution in [0.15, 0.2) is 0 Å². The molecule has 0 aliphatic carbocycles. The van der Waals surface area contributed by atoms with E-state index >= 15 is 0 Å². The van der Waals surface area contributed by atoms with Gasteiger partial charge in [-0.1, -0.05) is 13.3 Å². The normalized spacial score (nSPS) is 16.9. The maximum Gasteiger partial charge on any atom is 0.222 e. The van der Waals surface area contributed by atoms with Gasteiger partial charge in [0.05, 0.1) is 6.10 Å². The number of likely N-dealkylation sites (tertiary alicyclic amines) is 1. The van der Waals surface area contributed by atoms with Gasteiger partial charge in [0.1, 0.15) is 5.82 Å². The summed E-state index contributed by atoms with van der Waals surface area (Å²) in [5, 5.41) is 13.0. The minimum Gasteiger partial charge on any atom is -0.393 e. The fourth-order valence-corrected chi connectivity index (χ4v) is 2.89. The van der Waals surface area contributed by atoms with Crippen LogP contribution in [0.5, 0.6) is 0 Å². The third kappa shape index (κ3) is 4.81. The molecule has 22 heavy (non-hydrogen) atoms. The Morgan fingerprint density at radius 1 is 1.32 bits per heavy atom. The van der Waals surface area contributed by atoms with Crippen molar-refractivity contribution < 1.29 is 5.11 Å². The van der Waals surface area contributed by atoms with Crippen molar-refractivity contribution in [2.45, 2.75) is 52.1 Å². The van der Waals surface area contributed by atoms with E-state index in [9.17, 15) is 5.11 Å². The average molecular weight is 307 g/mol. The molecule has 1 aliphatic heterocycles. The predicted molar refractivity (Wildman–Crippen MR) is 90.0 cm³/mol. The molecular weight excluding hydrogens is 278 g/mol. The van der Waals surface area contributed by atoms with Crippen LogP contribution >= 0.6 is 0 Å². The molecule has 0 atom stereocenters. The molecule has 0 spiro atoms. The molecule has 124 valence electrons. The number of piperidine rings is 1. The van der Waals surface area contributed by atoms with E-state index in [1.165, 1.54) is 5.56 Å². The fourth-order valence-electron chi connectivity index (χ4n) is 2.89. The van der Waals surface area contributed by atoms with Gasteiger partial charge >= 0.3 is 0 Å². The first-order valence-electron chi connectivity index (χ1n) is 8.37. The van der Waals surface area contributed by atoms with Crippen LogP contribution in [0.1, 0.15) is 43.9 Å². The molecule has 1 aliphatic rings. The Morgan fingerprint density at radius 3 is 2.73 bits per heavy atom. The average Bonchev–Trinajstić information content (AvgIpc) is 2.48. The number of aryl methyl sites for hydroxylation is 1. The summed E-state index contributed by atoms with van der Waals surface area (Å²) in [6, 6.07) is 0. The smallest absolute Gasteiger partial charge is 0.222 e. The van der Waals surface area contributed by atoms with Crippen LogP contribution in [0, 0.1) is 6.92 Å². The monoisotopic (exact) mass is 307 g/mol. The Morgan fingerprint density at radius 2 is 2.05 bits per heavy atom. The van der Waals surface area contributed by atoms with E-state index in [4.69, 9.17) is 5.73 Å². The van der Waals surface area contributed by atoms with Gasteiger partial charge in [0, 0.05) is 37.4 Å². The third-order valence-corrected chi connectivity index (χ3v) is 4.29. The fraction of sp³-hybridized carbons (Fsp3) is 0.750. The predicted octanol–water partition coefficient (Wildman–Crippen LogP) is 1.58. The van der Waals surface area contributed by atoms with Crippen molar-refractivity contribution in [2.75, 3.05) is 37.2 Å². The molecule has 4 N–H and O–H groups in total. The van der Waals surface area contributed by atoms with E-state index in [0.717, 1.165) is 69.8 Å². The third-order valence-electron chi connectivity index (χ3n) is 4.29. The molecule has 2 rings (SSSR count). The highest BCUT2D eigenvalue weighted by atomic mass is 16.3. The number of aromatic nitrogens is 2. The summed E-state index contributed by atoms with van der Waals surface area (Å²) in [7, 11) is 0. The van der Waals surface area contributed by atoms with Crippen LogP contribution in [0.4, 0.5) is 11.8 Å². The lowest BCUT2D eigenvalue weighted by atomic mass is 10.1. The van der Waals surface area contributed by atoms with Crippen LogP contribution in [-0.2, 0) is 6.42 Å². The summed E-state index contributed by atoms with van der Waals surface area (Å²) in [4.78, 5) is 11.0. The number of hydrogen-bond acceptors (Lipinski definition) is 6. The van der Waals surface area contributed by atoms with Crippen molar-refractivity contribution in [3.63, 3.8) is 0 Å². The number of aliphatic hydroxyl groups is 1. The minimum absolute atomic E-state index is 0.117. The van der Waals surface area contributed by atoms with Gasteiger partial charge < -0.3 is 21.1 Å². The second-order valence-electron chi connectivity index (χ2n) is 6.10. The molecule has 1 fully saturated rings. The molecule has 1 aromatic rings. The summed E-state index contributed by atoms with van der Waals surface area (Å²) >= 11 is 0. The van der Waals surface area contributed by atoms with E-state index in [0.29, 0.717) is 5.95 Å². The number of anilines is 2. The minimum atomic E-state index is -0.117. The number of rotatable bonds is 7. The van der Waals surface area contributed by atoms with Gasteiger partial charge in [-0.25, -0.2) is 4.98 Å². The lowest BCUT2D eigenvalue weighted by Gasteiger charge is -2.29. The number of unbranched alkanes of at least 4 members (excludes halogenated alkanes) is 1. The van der Waals surface area contributed by atoms with Crippen molar-refractivity contribution in [1.82, 2.24) is 14.9 Å². The Balaban J connectivity index is 1.90. The summed E-state index contributed by atoms with van der Waals surface area (Å²) in [5.41, 5.74) is 7.95. The highest BCUT2D eigenvalue weighted by molar-refractivity contribution is 5.49. The number of hydrogen-bond donors (Lipinski definition) is 3. The van der Waals surface area contributed by atoms with Crippen molar-refractivity contribution in [3.8, 4) is 0 Å². The zero-order valence-corrected chi connectivity index (χ0v) is 13.8. The first kappa shape index (κ1) is 17.0. The Kier molecular flexibility index (Phi) is 6.39. The largest absolute Gasteiger partial charge is 0.393 e. The van der Waals surface area contributed by atoms with Crippen molar-refractivity contribution in [1.29, 1.82) is 0 Å². The summed E-state index contributed by atoms with van der Waals surface area (Å²) in [6.45, 7) is 7.92. The molecule has 0 saturated carbocycles. The maximum absolute atomic E-state index is 9.54. The molecule has 6 heteroatoms. The van der Waals surface area contributed by atoms with Gasteiger partial charge in [-0.2, -0.15) is 4.98 Å². The Bertz CT molecular complexity index is 472. The Hall–Kier alpha value is -1.40. The van der Waals surface area contributed by atoms with E-state index in [-0.39, 0.29) is 6.10 Å². The zero-order valence-electron chi connectivity index (χ0n) is 13.8. The number of nitrogens with one attached hydrogen (secondary N) is 1. The lowest BCUT2D eigenvalue weighted by molar-refractivity contribution is 0.0845. The van der Waals surface area contributed by atoms with E-state index in [1.807, 2.05) is 6.92 Å². The molecule has 0 bridgehead atoms. The van der Waals surface area contributed by atoms with Gasteiger partial charge in [0.2, 0.25) is 5.95 Å². The van der Waals surface area contributed by atoms with Crippen LogP contribution in [0.25, 0.3) is 0 Å². The van der Waals surface area contributed by atoms with Gasteiger partial charge in [0.15, 0.2) is 0 Å².